The SMILES string of the molecule is CN(C)c1cccc(C(=O)N2CCC3(CCNCC3)C2)c1. The van der Waals surface area contributed by atoms with Gasteiger partial charge in [-0.2, -0.15) is 0 Å². The van der Waals surface area contributed by atoms with E-state index in [0.29, 0.717) is 5.41 Å². The average molecular weight is 287 g/mol. The lowest BCUT2D eigenvalue weighted by Crippen LogP contribution is -2.39. The fraction of sp³-hybridized carbons (Fsp3) is 0.588. The van der Waals surface area contributed by atoms with Crippen molar-refractivity contribution in [2.45, 2.75) is 19.3 Å². The molecule has 2 fully saturated rings. The Morgan fingerprint density at radius 1 is 1.24 bits per heavy atom. The van der Waals surface area contributed by atoms with Crippen LogP contribution in [0.15, 0.2) is 24.3 Å². The molecule has 0 aromatic heterocycles. The maximum atomic E-state index is 12.7. The van der Waals surface area contributed by atoms with Crippen LogP contribution in [0.4, 0.5) is 5.69 Å². The van der Waals surface area contributed by atoms with Crippen LogP contribution in [0.5, 0.6) is 0 Å². The molecule has 114 valence electrons. The molecule has 3 rings (SSSR count). The lowest BCUT2D eigenvalue weighted by atomic mass is 9.78. The van der Waals surface area contributed by atoms with Crippen LogP contribution in [-0.2, 0) is 0 Å². The van der Waals surface area contributed by atoms with Gasteiger partial charge in [0.15, 0.2) is 0 Å². The normalized spacial score (nSPS) is 20.8. The van der Waals surface area contributed by atoms with Crippen LogP contribution >= 0.6 is 0 Å². The summed E-state index contributed by atoms with van der Waals surface area (Å²) in [6.45, 7) is 4.03. The van der Waals surface area contributed by atoms with Gasteiger partial charge in [0.2, 0.25) is 0 Å². The molecule has 21 heavy (non-hydrogen) atoms. The highest BCUT2D eigenvalue weighted by Gasteiger charge is 2.40. The minimum atomic E-state index is 0.189. The van der Waals surface area contributed by atoms with Crippen molar-refractivity contribution in [1.82, 2.24) is 10.2 Å². The molecule has 1 aromatic rings. The van der Waals surface area contributed by atoms with Crippen molar-refractivity contribution in [1.29, 1.82) is 0 Å². The van der Waals surface area contributed by atoms with Crippen LogP contribution in [0.2, 0.25) is 0 Å². The zero-order valence-corrected chi connectivity index (χ0v) is 13.1. The van der Waals surface area contributed by atoms with E-state index >= 15 is 0 Å². The van der Waals surface area contributed by atoms with E-state index in [2.05, 4.69) is 10.2 Å². The molecule has 4 heteroatoms. The van der Waals surface area contributed by atoms with E-state index < -0.39 is 0 Å². The van der Waals surface area contributed by atoms with Gasteiger partial charge in [0, 0.05) is 38.4 Å². The lowest BCUT2D eigenvalue weighted by molar-refractivity contribution is 0.0762. The fourth-order valence-electron chi connectivity index (χ4n) is 3.57. The first kappa shape index (κ1) is 14.4. The smallest absolute Gasteiger partial charge is 0.253 e. The first-order valence-corrected chi connectivity index (χ1v) is 7.87. The summed E-state index contributed by atoms with van der Waals surface area (Å²) in [6, 6.07) is 7.94. The number of hydrogen-bond donors (Lipinski definition) is 1. The average Bonchev–Trinajstić information content (AvgIpc) is 2.91. The number of nitrogens with zero attached hydrogens (tertiary/aromatic N) is 2. The minimum Gasteiger partial charge on any atom is -0.378 e. The number of rotatable bonds is 2. The second-order valence-electron chi connectivity index (χ2n) is 6.67. The second-order valence-corrected chi connectivity index (χ2v) is 6.67. The molecular formula is C17H25N3O. The number of anilines is 1. The van der Waals surface area contributed by atoms with Gasteiger partial charge in [-0.1, -0.05) is 6.07 Å². The maximum Gasteiger partial charge on any atom is 0.253 e. The van der Waals surface area contributed by atoms with Gasteiger partial charge in [0.05, 0.1) is 0 Å². The van der Waals surface area contributed by atoms with Gasteiger partial charge in [-0.15, -0.1) is 0 Å². The summed E-state index contributed by atoms with van der Waals surface area (Å²) < 4.78 is 0. The van der Waals surface area contributed by atoms with Gasteiger partial charge < -0.3 is 15.1 Å². The van der Waals surface area contributed by atoms with E-state index in [1.54, 1.807) is 0 Å². The molecular weight excluding hydrogens is 262 g/mol. The third-order valence-corrected chi connectivity index (χ3v) is 5.00. The Kier molecular flexibility index (Phi) is 3.89. The Labute approximate surface area is 127 Å². The third kappa shape index (κ3) is 2.91. The third-order valence-electron chi connectivity index (χ3n) is 5.00. The predicted octanol–water partition coefficient (Wildman–Crippen LogP) is 1.97. The van der Waals surface area contributed by atoms with Crippen LogP contribution in [-0.4, -0.2) is 51.1 Å². The molecule has 1 spiro atoms. The summed E-state index contributed by atoms with van der Waals surface area (Å²) in [7, 11) is 4.01. The van der Waals surface area contributed by atoms with Crippen molar-refractivity contribution in [2.24, 2.45) is 5.41 Å². The molecule has 0 saturated carbocycles. The van der Waals surface area contributed by atoms with Crippen molar-refractivity contribution >= 4 is 11.6 Å². The summed E-state index contributed by atoms with van der Waals surface area (Å²) in [5, 5.41) is 3.42. The Morgan fingerprint density at radius 3 is 2.71 bits per heavy atom. The van der Waals surface area contributed by atoms with E-state index in [0.717, 1.165) is 43.9 Å². The highest BCUT2D eigenvalue weighted by atomic mass is 16.2. The summed E-state index contributed by atoms with van der Waals surface area (Å²) in [5.41, 5.74) is 2.27. The van der Waals surface area contributed by atoms with Crippen LogP contribution in [0.3, 0.4) is 0 Å². The lowest BCUT2D eigenvalue weighted by Gasteiger charge is -2.33. The number of carbonyl (C=O) groups is 1. The summed E-state index contributed by atoms with van der Waals surface area (Å²) in [5.74, 6) is 0.189. The van der Waals surface area contributed by atoms with Crippen LogP contribution in [0.25, 0.3) is 0 Å². The number of amides is 1. The van der Waals surface area contributed by atoms with Gasteiger partial charge >= 0.3 is 0 Å². The molecule has 2 saturated heterocycles. The molecule has 2 aliphatic heterocycles. The summed E-state index contributed by atoms with van der Waals surface area (Å²) in [6.07, 6.45) is 3.57. The van der Waals surface area contributed by atoms with E-state index in [1.807, 2.05) is 43.3 Å². The van der Waals surface area contributed by atoms with Crippen molar-refractivity contribution in [2.75, 3.05) is 45.2 Å². The number of nitrogens with one attached hydrogen (secondary N) is 1. The highest BCUT2D eigenvalue weighted by Crippen LogP contribution is 2.39. The number of hydrogen-bond acceptors (Lipinski definition) is 3. The van der Waals surface area contributed by atoms with E-state index in [4.69, 9.17) is 0 Å². The van der Waals surface area contributed by atoms with Crippen molar-refractivity contribution in [3.63, 3.8) is 0 Å². The van der Waals surface area contributed by atoms with Gasteiger partial charge in [0.1, 0.15) is 0 Å². The molecule has 1 amide bonds. The Morgan fingerprint density at radius 2 is 2.00 bits per heavy atom. The van der Waals surface area contributed by atoms with Gasteiger partial charge in [0.25, 0.3) is 5.91 Å². The Balaban J connectivity index is 1.73. The predicted molar refractivity (Wildman–Crippen MR) is 85.8 cm³/mol. The molecule has 2 heterocycles. The quantitative estimate of drug-likeness (QED) is 0.903. The second kappa shape index (κ2) is 5.68. The maximum absolute atomic E-state index is 12.7. The first-order valence-electron chi connectivity index (χ1n) is 7.87. The van der Waals surface area contributed by atoms with Crippen LogP contribution in [0, 0.1) is 5.41 Å². The highest BCUT2D eigenvalue weighted by molar-refractivity contribution is 5.95. The molecule has 2 aliphatic rings. The van der Waals surface area contributed by atoms with Crippen molar-refractivity contribution in [3.05, 3.63) is 29.8 Å². The molecule has 0 unspecified atom stereocenters. The Hall–Kier alpha value is -1.55. The fourth-order valence-corrected chi connectivity index (χ4v) is 3.57. The van der Waals surface area contributed by atoms with Gasteiger partial charge in [-0.25, -0.2) is 0 Å². The number of piperidine rings is 1. The topological polar surface area (TPSA) is 35.6 Å². The standard InChI is InChI=1S/C17H25N3O/c1-19(2)15-5-3-4-14(12-15)16(21)20-11-8-17(13-20)6-9-18-10-7-17/h3-5,12,18H,6-11,13H2,1-2H3. The molecule has 1 N–H and O–H groups in total. The number of likely N-dealkylation sites (tertiary alicyclic amines) is 1. The van der Waals surface area contributed by atoms with Gasteiger partial charge in [-0.05, 0) is 56.0 Å². The van der Waals surface area contributed by atoms with Crippen LogP contribution < -0.4 is 10.2 Å². The van der Waals surface area contributed by atoms with E-state index in [1.165, 1.54) is 12.8 Å². The van der Waals surface area contributed by atoms with Crippen molar-refractivity contribution in [3.8, 4) is 0 Å². The van der Waals surface area contributed by atoms with Crippen molar-refractivity contribution < 1.29 is 4.79 Å². The Bertz CT molecular complexity index is 521. The molecule has 0 atom stereocenters. The summed E-state index contributed by atoms with van der Waals surface area (Å²) >= 11 is 0. The minimum absolute atomic E-state index is 0.189. The van der Waals surface area contributed by atoms with Crippen LogP contribution in [0.1, 0.15) is 29.6 Å². The molecule has 0 aliphatic carbocycles. The number of benzene rings is 1. The molecule has 4 nitrogen and oxygen atoms in total. The molecule has 0 radical (unpaired) electrons. The molecule has 0 bridgehead atoms. The van der Waals surface area contributed by atoms with E-state index in [9.17, 15) is 4.79 Å². The first-order chi connectivity index (χ1) is 10.1. The zero-order chi connectivity index (χ0) is 14.9. The molecule has 1 aromatic carbocycles. The summed E-state index contributed by atoms with van der Waals surface area (Å²) in [4.78, 5) is 16.8. The largest absolute Gasteiger partial charge is 0.378 e. The monoisotopic (exact) mass is 287 g/mol. The van der Waals surface area contributed by atoms with Gasteiger partial charge in [-0.3, -0.25) is 4.79 Å². The zero-order valence-electron chi connectivity index (χ0n) is 13.1. The number of carbonyl (C=O) groups excluding carboxylic acids is 1. The van der Waals surface area contributed by atoms with E-state index in [-0.39, 0.29) is 5.91 Å².